The Labute approximate surface area is 158 Å². The Morgan fingerprint density at radius 1 is 1.16 bits per heavy atom. The second-order valence-electron chi connectivity index (χ2n) is 6.71. The number of hydrogen-bond donors (Lipinski definition) is 1. The molecule has 0 saturated carbocycles. The van der Waals surface area contributed by atoms with Gasteiger partial charge in [0.15, 0.2) is 0 Å². The van der Waals surface area contributed by atoms with Crippen LogP contribution in [0.2, 0.25) is 10.0 Å². The van der Waals surface area contributed by atoms with Gasteiger partial charge in [0.05, 0.1) is 27.1 Å². The van der Waals surface area contributed by atoms with Gasteiger partial charge in [-0.05, 0) is 30.5 Å². The van der Waals surface area contributed by atoms with Crippen LogP contribution < -0.4 is 5.73 Å². The highest BCUT2D eigenvalue weighted by molar-refractivity contribution is 6.42. The third-order valence-corrected chi connectivity index (χ3v) is 5.52. The van der Waals surface area contributed by atoms with Crippen molar-refractivity contribution < 1.29 is 0 Å². The van der Waals surface area contributed by atoms with Crippen LogP contribution in [0.4, 0.5) is 0 Å². The first-order chi connectivity index (χ1) is 11.9. The lowest BCUT2D eigenvalue weighted by molar-refractivity contribution is 0.428. The maximum Gasteiger partial charge on any atom is 0.127 e. The van der Waals surface area contributed by atoms with Gasteiger partial charge in [-0.25, -0.2) is 4.98 Å². The second kappa shape index (κ2) is 7.36. The van der Waals surface area contributed by atoms with Crippen LogP contribution in [-0.4, -0.2) is 9.55 Å². The number of benzene rings is 2. The van der Waals surface area contributed by atoms with E-state index in [0.29, 0.717) is 22.5 Å². The fraction of sp³-hybridized carbons (Fsp3) is 0.350. The molecule has 2 N–H and O–H groups in total. The molecule has 5 heteroatoms. The smallest absolute Gasteiger partial charge is 0.127 e. The summed E-state index contributed by atoms with van der Waals surface area (Å²) in [5.41, 5.74) is 10.8. The van der Waals surface area contributed by atoms with E-state index in [0.717, 1.165) is 23.3 Å². The molecular formula is C20H23Cl2N3. The van der Waals surface area contributed by atoms with Crippen molar-refractivity contribution in [1.82, 2.24) is 9.55 Å². The molecule has 2 atom stereocenters. The fourth-order valence-corrected chi connectivity index (χ4v) is 3.38. The van der Waals surface area contributed by atoms with E-state index in [9.17, 15) is 0 Å². The zero-order chi connectivity index (χ0) is 18.1. The molecule has 0 amide bonds. The first-order valence-corrected chi connectivity index (χ1v) is 9.32. The van der Waals surface area contributed by atoms with E-state index in [1.807, 2.05) is 12.1 Å². The quantitative estimate of drug-likeness (QED) is 0.617. The van der Waals surface area contributed by atoms with Crippen molar-refractivity contribution in [2.24, 2.45) is 11.7 Å². The molecule has 0 saturated heterocycles. The monoisotopic (exact) mass is 375 g/mol. The summed E-state index contributed by atoms with van der Waals surface area (Å²) in [4.78, 5) is 4.80. The van der Waals surface area contributed by atoms with Gasteiger partial charge in [0.25, 0.3) is 0 Å². The normalized spacial score (nSPS) is 14.0. The minimum atomic E-state index is -0.139. The number of nitrogens with zero attached hydrogens (tertiary/aromatic N) is 2. The van der Waals surface area contributed by atoms with Gasteiger partial charge in [-0.3, -0.25) is 0 Å². The Morgan fingerprint density at radius 3 is 2.56 bits per heavy atom. The highest BCUT2D eigenvalue weighted by Gasteiger charge is 2.22. The molecule has 3 aromatic rings. The summed E-state index contributed by atoms with van der Waals surface area (Å²) in [5, 5.41) is 1.04. The largest absolute Gasteiger partial charge is 0.322 e. The van der Waals surface area contributed by atoms with Crippen LogP contribution in [0.5, 0.6) is 0 Å². The molecule has 0 aliphatic rings. The molecule has 0 aliphatic heterocycles. The fourth-order valence-electron chi connectivity index (χ4n) is 3.06. The average Bonchev–Trinajstić information content (AvgIpc) is 2.91. The van der Waals surface area contributed by atoms with Gasteiger partial charge in [0.2, 0.25) is 0 Å². The third-order valence-electron chi connectivity index (χ3n) is 4.80. The number of aryl methyl sites for hydroxylation is 1. The molecular weight excluding hydrogens is 353 g/mol. The lowest BCUT2D eigenvalue weighted by atomic mass is 9.99. The molecule has 0 bridgehead atoms. The Balaban J connectivity index is 2.16. The number of imidazole rings is 1. The molecule has 0 spiro atoms. The van der Waals surface area contributed by atoms with Crippen LogP contribution in [0.25, 0.3) is 11.0 Å². The van der Waals surface area contributed by atoms with Crippen LogP contribution in [-0.2, 0) is 6.54 Å². The molecule has 0 aliphatic carbocycles. The Bertz CT molecular complexity index is 901. The van der Waals surface area contributed by atoms with Crippen molar-refractivity contribution in [2.75, 3.05) is 0 Å². The van der Waals surface area contributed by atoms with Crippen molar-refractivity contribution in [3.8, 4) is 0 Å². The molecule has 0 unspecified atom stereocenters. The minimum absolute atomic E-state index is 0.139. The molecule has 3 rings (SSSR count). The molecule has 3 nitrogen and oxygen atoms in total. The van der Waals surface area contributed by atoms with Gasteiger partial charge in [0.1, 0.15) is 5.82 Å². The topological polar surface area (TPSA) is 43.8 Å². The molecule has 0 radical (unpaired) electrons. The van der Waals surface area contributed by atoms with Crippen molar-refractivity contribution in [2.45, 2.75) is 39.8 Å². The van der Waals surface area contributed by atoms with E-state index in [-0.39, 0.29) is 6.04 Å². The zero-order valence-corrected chi connectivity index (χ0v) is 16.3. The second-order valence-corrected chi connectivity index (χ2v) is 7.53. The minimum Gasteiger partial charge on any atom is -0.322 e. The van der Waals surface area contributed by atoms with Gasteiger partial charge in [-0.1, -0.05) is 73.3 Å². The summed E-state index contributed by atoms with van der Waals surface area (Å²) in [5.74, 6) is 1.21. The summed E-state index contributed by atoms with van der Waals surface area (Å²) in [6, 6.07) is 12.0. The number of nitrogens with two attached hydrogens (primary N) is 1. The SMILES string of the molecule is CC[C@H](C)[C@H](N)c1nc2cc(Cl)c(Cl)cc2n1Cc1cccc(C)c1. The molecule has 0 fully saturated rings. The lowest BCUT2D eigenvalue weighted by Gasteiger charge is -2.20. The number of hydrogen-bond acceptors (Lipinski definition) is 2. The lowest BCUT2D eigenvalue weighted by Crippen LogP contribution is -2.23. The summed E-state index contributed by atoms with van der Waals surface area (Å²) < 4.78 is 2.17. The van der Waals surface area contributed by atoms with Gasteiger partial charge in [0, 0.05) is 6.54 Å². The Kier molecular flexibility index (Phi) is 5.38. The number of halogens is 2. The van der Waals surface area contributed by atoms with E-state index in [4.69, 9.17) is 33.9 Å². The number of rotatable bonds is 5. The standard InChI is InChI=1S/C20H23Cl2N3/c1-4-13(3)19(23)20-24-17-9-15(21)16(22)10-18(17)25(20)11-14-7-5-6-12(2)8-14/h5-10,13,19H,4,11,23H2,1-3H3/t13-,19-/m0/s1. The maximum atomic E-state index is 6.52. The summed E-state index contributed by atoms with van der Waals surface area (Å²) in [7, 11) is 0. The first-order valence-electron chi connectivity index (χ1n) is 8.57. The molecule has 1 aromatic heterocycles. The van der Waals surface area contributed by atoms with E-state index >= 15 is 0 Å². The van der Waals surface area contributed by atoms with Crippen LogP contribution in [0.1, 0.15) is 43.3 Å². The summed E-state index contributed by atoms with van der Waals surface area (Å²) in [6.45, 7) is 7.10. The maximum absolute atomic E-state index is 6.52. The van der Waals surface area contributed by atoms with Crippen LogP contribution in [0, 0.1) is 12.8 Å². The predicted octanol–water partition coefficient (Wildman–Crippen LogP) is 5.75. The Morgan fingerprint density at radius 2 is 1.88 bits per heavy atom. The Hall–Kier alpha value is -1.55. The van der Waals surface area contributed by atoms with E-state index in [1.54, 1.807) is 0 Å². The predicted molar refractivity (Wildman–Crippen MR) is 106 cm³/mol. The van der Waals surface area contributed by atoms with Gasteiger partial charge in [-0.2, -0.15) is 0 Å². The molecule has 1 heterocycles. The van der Waals surface area contributed by atoms with Gasteiger partial charge in [-0.15, -0.1) is 0 Å². The summed E-state index contributed by atoms with van der Waals surface area (Å²) in [6.07, 6.45) is 0.996. The van der Waals surface area contributed by atoms with Crippen molar-refractivity contribution in [3.05, 3.63) is 63.4 Å². The van der Waals surface area contributed by atoms with Crippen LogP contribution in [0.3, 0.4) is 0 Å². The zero-order valence-electron chi connectivity index (χ0n) is 14.8. The third kappa shape index (κ3) is 3.69. The molecule has 2 aromatic carbocycles. The van der Waals surface area contributed by atoms with Crippen molar-refractivity contribution in [3.63, 3.8) is 0 Å². The number of aromatic nitrogens is 2. The highest BCUT2D eigenvalue weighted by atomic mass is 35.5. The van der Waals surface area contributed by atoms with E-state index < -0.39 is 0 Å². The van der Waals surface area contributed by atoms with E-state index in [2.05, 4.69) is 49.6 Å². The van der Waals surface area contributed by atoms with Crippen molar-refractivity contribution in [1.29, 1.82) is 0 Å². The van der Waals surface area contributed by atoms with Gasteiger partial charge >= 0.3 is 0 Å². The summed E-state index contributed by atoms with van der Waals surface area (Å²) >= 11 is 12.4. The van der Waals surface area contributed by atoms with Gasteiger partial charge < -0.3 is 10.3 Å². The van der Waals surface area contributed by atoms with Crippen LogP contribution in [0.15, 0.2) is 36.4 Å². The van der Waals surface area contributed by atoms with Crippen LogP contribution >= 0.6 is 23.2 Å². The van der Waals surface area contributed by atoms with Crippen molar-refractivity contribution >= 4 is 34.2 Å². The van der Waals surface area contributed by atoms with E-state index in [1.165, 1.54) is 11.1 Å². The average molecular weight is 376 g/mol. The molecule has 25 heavy (non-hydrogen) atoms. The first kappa shape index (κ1) is 18.2. The molecule has 132 valence electrons. The number of fused-ring (bicyclic) bond motifs is 1. The highest BCUT2D eigenvalue weighted by Crippen LogP contribution is 2.32.